The third-order valence-corrected chi connectivity index (χ3v) is 2.16. The number of carbonyl (C=O) groups is 2. The molecule has 0 aliphatic heterocycles. The van der Waals surface area contributed by atoms with E-state index in [1.54, 1.807) is 13.8 Å². The van der Waals surface area contributed by atoms with Crippen LogP contribution in [0.25, 0.3) is 0 Å². The second-order valence-corrected chi connectivity index (χ2v) is 3.60. The van der Waals surface area contributed by atoms with E-state index in [9.17, 15) is 9.59 Å². The standard InChI is InChI=1S/C12H19NO5/c1-4-8-18-12(15)10(11(14)17-5-2)7-6-9(3)13-16/h4,10,16H,1,5-8H2,2-3H3/b13-9+. The Hall–Kier alpha value is -1.85. The number of carbonyl (C=O) groups excluding carboxylic acids is 2. The molecular formula is C12H19NO5. The molecule has 6 nitrogen and oxygen atoms in total. The molecule has 0 radical (unpaired) electrons. The maximum absolute atomic E-state index is 11.6. The van der Waals surface area contributed by atoms with Gasteiger partial charge in [-0.2, -0.15) is 0 Å². The molecule has 0 aromatic heterocycles. The summed E-state index contributed by atoms with van der Waals surface area (Å²) in [5.74, 6) is -2.28. The highest BCUT2D eigenvalue weighted by molar-refractivity contribution is 5.95. The lowest BCUT2D eigenvalue weighted by Gasteiger charge is -2.13. The van der Waals surface area contributed by atoms with Crippen LogP contribution in [0.4, 0.5) is 0 Å². The van der Waals surface area contributed by atoms with E-state index in [4.69, 9.17) is 14.7 Å². The minimum absolute atomic E-state index is 0.0435. The largest absolute Gasteiger partial charge is 0.465 e. The van der Waals surface area contributed by atoms with Crippen LogP contribution < -0.4 is 0 Å². The molecule has 0 rings (SSSR count). The van der Waals surface area contributed by atoms with Crippen molar-refractivity contribution in [3.63, 3.8) is 0 Å². The van der Waals surface area contributed by atoms with E-state index < -0.39 is 17.9 Å². The predicted octanol–water partition coefficient (Wildman–Crippen LogP) is 1.53. The molecule has 0 saturated carbocycles. The fourth-order valence-corrected chi connectivity index (χ4v) is 1.22. The summed E-state index contributed by atoms with van der Waals surface area (Å²) in [4.78, 5) is 23.2. The van der Waals surface area contributed by atoms with Gasteiger partial charge in [-0.25, -0.2) is 0 Å². The lowest BCUT2D eigenvalue weighted by molar-refractivity contribution is -0.161. The van der Waals surface area contributed by atoms with Crippen molar-refractivity contribution in [1.29, 1.82) is 0 Å². The highest BCUT2D eigenvalue weighted by atomic mass is 16.6. The Balaban J connectivity index is 4.55. The molecule has 102 valence electrons. The van der Waals surface area contributed by atoms with Gasteiger partial charge in [-0.1, -0.05) is 17.8 Å². The summed E-state index contributed by atoms with van der Waals surface area (Å²) in [6.07, 6.45) is 1.91. The van der Waals surface area contributed by atoms with Crippen molar-refractivity contribution >= 4 is 17.7 Å². The zero-order valence-electron chi connectivity index (χ0n) is 10.7. The number of hydrogen-bond acceptors (Lipinski definition) is 6. The molecule has 0 fully saturated rings. The van der Waals surface area contributed by atoms with Crippen molar-refractivity contribution in [3.8, 4) is 0 Å². The zero-order valence-corrected chi connectivity index (χ0v) is 10.7. The van der Waals surface area contributed by atoms with Gasteiger partial charge >= 0.3 is 11.9 Å². The first-order valence-electron chi connectivity index (χ1n) is 5.68. The van der Waals surface area contributed by atoms with Gasteiger partial charge < -0.3 is 14.7 Å². The van der Waals surface area contributed by atoms with Gasteiger partial charge in [-0.05, 0) is 26.7 Å². The molecule has 0 aromatic rings. The Morgan fingerprint density at radius 1 is 1.39 bits per heavy atom. The van der Waals surface area contributed by atoms with Gasteiger partial charge in [0.2, 0.25) is 0 Å². The van der Waals surface area contributed by atoms with Crippen LogP contribution >= 0.6 is 0 Å². The van der Waals surface area contributed by atoms with Crippen LogP contribution in [0.15, 0.2) is 17.8 Å². The lowest BCUT2D eigenvalue weighted by Crippen LogP contribution is -2.28. The van der Waals surface area contributed by atoms with Crippen LogP contribution in [0, 0.1) is 5.92 Å². The normalized spacial score (nSPS) is 12.7. The average molecular weight is 257 g/mol. The van der Waals surface area contributed by atoms with Gasteiger partial charge in [0.15, 0.2) is 5.92 Å². The van der Waals surface area contributed by atoms with Gasteiger partial charge in [0.05, 0.1) is 12.3 Å². The average Bonchev–Trinajstić information content (AvgIpc) is 2.36. The van der Waals surface area contributed by atoms with Crippen molar-refractivity contribution in [1.82, 2.24) is 0 Å². The monoisotopic (exact) mass is 257 g/mol. The van der Waals surface area contributed by atoms with Crippen LogP contribution in [0.5, 0.6) is 0 Å². The van der Waals surface area contributed by atoms with Gasteiger partial charge in [-0.15, -0.1) is 0 Å². The molecule has 1 atom stereocenters. The van der Waals surface area contributed by atoms with Gasteiger partial charge in [0, 0.05) is 0 Å². The van der Waals surface area contributed by atoms with Crippen LogP contribution in [0.1, 0.15) is 26.7 Å². The molecule has 0 bridgehead atoms. The number of esters is 2. The third kappa shape index (κ3) is 6.03. The van der Waals surface area contributed by atoms with E-state index in [1.807, 2.05) is 0 Å². The second kappa shape index (κ2) is 9.21. The highest BCUT2D eigenvalue weighted by Gasteiger charge is 2.29. The van der Waals surface area contributed by atoms with Crippen LogP contribution in [-0.4, -0.2) is 36.1 Å². The first kappa shape index (κ1) is 16.1. The Kier molecular flexibility index (Phi) is 8.26. The first-order valence-corrected chi connectivity index (χ1v) is 5.68. The van der Waals surface area contributed by atoms with E-state index in [2.05, 4.69) is 11.7 Å². The van der Waals surface area contributed by atoms with Crippen molar-refractivity contribution < 1.29 is 24.3 Å². The third-order valence-electron chi connectivity index (χ3n) is 2.16. The number of rotatable bonds is 8. The number of oxime groups is 1. The van der Waals surface area contributed by atoms with E-state index >= 15 is 0 Å². The van der Waals surface area contributed by atoms with E-state index in [-0.39, 0.29) is 19.6 Å². The molecule has 0 aliphatic carbocycles. The Labute approximate surface area is 106 Å². The van der Waals surface area contributed by atoms with Crippen LogP contribution in [0.2, 0.25) is 0 Å². The predicted molar refractivity (Wildman–Crippen MR) is 65.4 cm³/mol. The first-order chi connectivity index (χ1) is 8.56. The van der Waals surface area contributed by atoms with E-state index in [0.29, 0.717) is 12.1 Å². The van der Waals surface area contributed by atoms with Crippen molar-refractivity contribution in [3.05, 3.63) is 12.7 Å². The molecule has 0 spiro atoms. The Morgan fingerprint density at radius 3 is 2.50 bits per heavy atom. The van der Waals surface area contributed by atoms with Gasteiger partial charge in [0.25, 0.3) is 0 Å². The van der Waals surface area contributed by atoms with Gasteiger partial charge in [-0.3, -0.25) is 9.59 Å². The van der Waals surface area contributed by atoms with Crippen LogP contribution in [0.3, 0.4) is 0 Å². The van der Waals surface area contributed by atoms with Crippen molar-refractivity contribution in [2.24, 2.45) is 11.1 Å². The molecule has 0 aromatic carbocycles. The van der Waals surface area contributed by atoms with E-state index in [0.717, 1.165) is 0 Å². The van der Waals surface area contributed by atoms with E-state index in [1.165, 1.54) is 6.08 Å². The molecule has 18 heavy (non-hydrogen) atoms. The summed E-state index contributed by atoms with van der Waals surface area (Å²) in [6.45, 7) is 6.90. The number of nitrogens with zero attached hydrogens (tertiary/aromatic N) is 1. The maximum Gasteiger partial charge on any atom is 0.320 e. The molecular weight excluding hydrogens is 238 g/mol. The lowest BCUT2D eigenvalue weighted by atomic mass is 10.0. The molecule has 6 heteroatoms. The SMILES string of the molecule is C=CCOC(=O)C(CC/C(C)=N/O)C(=O)OCC. The highest BCUT2D eigenvalue weighted by Crippen LogP contribution is 2.12. The summed E-state index contributed by atoms with van der Waals surface area (Å²) in [5.41, 5.74) is 0.431. The second-order valence-electron chi connectivity index (χ2n) is 3.60. The van der Waals surface area contributed by atoms with Crippen molar-refractivity contribution in [2.45, 2.75) is 26.7 Å². The van der Waals surface area contributed by atoms with Gasteiger partial charge in [0.1, 0.15) is 6.61 Å². The number of hydrogen-bond donors (Lipinski definition) is 1. The fraction of sp³-hybridized carbons (Fsp3) is 0.583. The van der Waals surface area contributed by atoms with Crippen LogP contribution in [-0.2, 0) is 19.1 Å². The Bertz CT molecular complexity index is 324. The minimum Gasteiger partial charge on any atom is -0.465 e. The quantitative estimate of drug-likeness (QED) is 0.178. The molecule has 0 aliphatic rings. The molecule has 0 saturated heterocycles. The smallest absolute Gasteiger partial charge is 0.320 e. The zero-order chi connectivity index (χ0) is 14.0. The topological polar surface area (TPSA) is 85.2 Å². The summed E-state index contributed by atoms with van der Waals surface area (Å²) in [6, 6.07) is 0. The molecule has 1 unspecified atom stereocenters. The molecule has 1 N–H and O–H groups in total. The minimum atomic E-state index is -0.999. The summed E-state index contributed by atoms with van der Waals surface area (Å²) in [5, 5.41) is 11.5. The summed E-state index contributed by atoms with van der Waals surface area (Å²) >= 11 is 0. The summed E-state index contributed by atoms with van der Waals surface area (Å²) < 4.78 is 9.63. The fourth-order valence-electron chi connectivity index (χ4n) is 1.22. The van der Waals surface area contributed by atoms with Crippen molar-refractivity contribution in [2.75, 3.05) is 13.2 Å². The molecule has 0 heterocycles. The Morgan fingerprint density at radius 2 is 2.00 bits per heavy atom. The summed E-state index contributed by atoms with van der Waals surface area (Å²) in [7, 11) is 0. The maximum atomic E-state index is 11.6. The number of ether oxygens (including phenoxy) is 2. The molecule has 0 amide bonds.